The summed E-state index contributed by atoms with van der Waals surface area (Å²) in [6.45, 7) is 9.42. The summed E-state index contributed by atoms with van der Waals surface area (Å²) in [5.74, 6) is 0. The molecule has 0 aliphatic heterocycles. The van der Waals surface area contributed by atoms with Crippen molar-refractivity contribution in [2.45, 2.75) is 39.9 Å². The molecule has 3 heteroatoms. The van der Waals surface area contributed by atoms with Gasteiger partial charge in [-0.25, -0.2) is 0 Å². The fourth-order valence-electron chi connectivity index (χ4n) is 1.83. The van der Waals surface area contributed by atoms with Crippen molar-refractivity contribution in [3.8, 4) is 0 Å². The van der Waals surface area contributed by atoms with Crippen LogP contribution in [0.2, 0.25) is 0 Å². The average molecular weight is 252 g/mol. The Morgan fingerprint density at radius 3 is 2.50 bits per heavy atom. The third-order valence-corrected chi connectivity index (χ3v) is 2.74. The Kier molecular flexibility index (Phi) is 6.33. The molecule has 0 aliphatic rings. The fourth-order valence-corrected chi connectivity index (χ4v) is 1.83. The minimum atomic E-state index is -0.565. The smallest absolute Gasteiger partial charge is 0.103 e. The van der Waals surface area contributed by atoms with Gasteiger partial charge in [-0.15, -0.1) is 0 Å². The van der Waals surface area contributed by atoms with E-state index in [1.807, 2.05) is 39.8 Å². The molecule has 1 atom stereocenters. The van der Waals surface area contributed by atoms with E-state index in [-0.39, 0.29) is 6.10 Å². The van der Waals surface area contributed by atoms with Crippen LogP contribution in [0.25, 0.3) is 0 Å². The zero-order valence-electron chi connectivity index (χ0n) is 11.8. The Bertz CT molecular complexity index is 361. The lowest BCUT2D eigenvalue weighted by atomic mass is 10.0. The molecule has 0 aromatic heterocycles. The summed E-state index contributed by atoms with van der Waals surface area (Å²) < 4.78 is 10.8. The molecular weight excluding hydrogens is 228 g/mol. The predicted molar refractivity (Wildman–Crippen MR) is 72.8 cm³/mol. The van der Waals surface area contributed by atoms with Crippen molar-refractivity contribution in [2.24, 2.45) is 0 Å². The van der Waals surface area contributed by atoms with E-state index in [0.717, 1.165) is 11.1 Å². The molecular formula is C15H24O3. The molecule has 0 radical (unpaired) electrons. The highest BCUT2D eigenvalue weighted by atomic mass is 16.5. The summed E-state index contributed by atoms with van der Waals surface area (Å²) in [5, 5.41) is 10.0. The molecule has 0 saturated heterocycles. The van der Waals surface area contributed by atoms with E-state index in [4.69, 9.17) is 9.47 Å². The van der Waals surface area contributed by atoms with Gasteiger partial charge in [0.25, 0.3) is 0 Å². The first-order valence-corrected chi connectivity index (χ1v) is 6.45. The number of rotatable bonds is 7. The van der Waals surface area contributed by atoms with Gasteiger partial charge < -0.3 is 14.6 Å². The molecule has 0 bridgehead atoms. The molecule has 1 N–H and O–H groups in total. The molecule has 18 heavy (non-hydrogen) atoms. The van der Waals surface area contributed by atoms with Crippen molar-refractivity contribution in [1.82, 2.24) is 0 Å². The number of ether oxygens (including phenoxy) is 2. The minimum Gasteiger partial charge on any atom is -0.386 e. The monoisotopic (exact) mass is 252 g/mol. The van der Waals surface area contributed by atoms with Crippen molar-refractivity contribution in [2.75, 3.05) is 19.8 Å². The lowest BCUT2D eigenvalue weighted by Crippen LogP contribution is -2.14. The quantitative estimate of drug-likeness (QED) is 0.758. The number of aryl methyl sites for hydroxylation is 2. The van der Waals surface area contributed by atoms with Crippen molar-refractivity contribution < 1.29 is 14.6 Å². The van der Waals surface area contributed by atoms with Gasteiger partial charge in [-0.2, -0.15) is 0 Å². The summed E-state index contributed by atoms with van der Waals surface area (Å²) in [5.41, 5.74) is 3.24. The average Bonchev–Trinajstić information content (AvgIpc) is 2.27. The van der Waals surface area contributed by atoms with Gasteiger partial charge in [0.15, 0.2) is 0 Å². The minimum absolute atomic E-state index is 0.220. The van der Waals surface area contributed by atoms with E-state index in [9.17, 15) is 5.11 Å². The summed E-state index contributed by atoms with van der Waals surface area (Å²) in [6.07, 6.45) is -0.345. The molecule has 0 heterocycles. The van der Waals surface area contributed by atoms with Crippen LogP contribution in [0.4, 0.5) is 0 Å². The standard InChI is InChI=1S/C15H24O3/c1-11(2)18-8-7-17-10-15(16)14-6-5-12(3)9-13(14)4/h5-6,9,11,15-16H,7-8,10H2,1-4H3. The number of benzene rings is 1. The molecule has 0 fully saturated rings. The maximum Gasteiger partial charge on any atom is 0.103 e. The lowest BCUT2D eigenvalue weighted by Gasteiger charge is -2.15. The van der Waals surface area contributed by atoms with Crippen LogP contribution in [0.3, 0.4) is 0 Å². The fraction of sp³-hybridized carbons (Fsp3) is 0.600. The number of aliphatic hydroxyl groups excluding tert-OH is 1. The topological polar surface area (TPSA) is 38.7 Å². The maximum absolute atomic E-state index is 10.0. The largest absolute Gasteiger partial charge is 0.386 e. The second kappa shape index (κ2) is 7.52. The highest BCUT2D eigenvalue weighted by Crippen LogP contribution is 2.19. The third kappa shape index (κ3) is 5.17. The summed E-state index contributed by atoms with van der Waals surface area (Å²) >= 11 is 0. The molecule has 0 spiro atoms. The number of aliphatic hydroxyl groups is 1. The van der Waals surface area contributed by atoms with Crippen molar-refractivity contribution in [1.29, 1.82) is 0 Å². The van der Waals surface area contributed by atoms with E-state index in [1.54, 1.807) is 0 Å². The number of hydrogen-bond donors (Lipinski definition) is 1. The molecule has 0 amide bonds. The lowest BCUT2D eigenvalue weighted by molar-refractivity contribution is -0.0112. The van der Waals surface area contributed by atoms with Gasteiger partial charge in [0.2, 0.25) is 0 Å². The molecule has 0 aliphatic carbocycles. The zero-order valence-corrected chi connectivity index (χ0v) is 11.8. The van der Waals surface area contributed by atoms with Crippen LogP contribution < -0.4 is 0 Å². The highest BCUT2D eigenvalue weighted by molar-refractivity contribution is 5.31. The second-order valence-electron chi connectivity index (χ2n) is 4.87. The van der Waals surface area contributed by atoms with Crippen molar-refractivity contribution >= 4 is 0 Å². The summed E-state index contributed by atoms with van der Waals surface area (Å²) in [4.78, 5) is 0. The van der Waals surface area contributed by atoms with E-state index in [0.29, 0.717) is 19.8 Å². The Morgan fingerprint density at radius 2 is 1.89 bits per heavy atom. The van der Waals surface area contributed by atoms with Crippen LogP contribution >= 0.6 is 0 Å². The third-order valence-electron chi connectivity index (χ3n) is 2.74. The molecule has 1 unspecified atom stereocenters. The van der Waals surface area contributed by atoms with Gasteiger partial charge in [-0.05, 0) is 38.8 Å². The normalized spacial score (nSPS) is 13.0. The molecule has 0 saturated carbocycles. The van der Waals surface area contributed by atoms with Gasteiger partial charge in [0, 0.05) is 0 Å². The van der Waals surface area contributed by atoms with Crippen molar-refractivity contribution in [3.63, 3.8) is 0 Å². The maximum atomic E-state index is 10.0. The molecule has 102 valence electrons. The van der Waals surface area contributed by atoms with Gasteiger partial charge in [-0.3, -0.25) is 0 Å². The van der Waals surface area contributed by atoms with Crippen LogP contribution in [0, 0.1) is 13.8 Å². The SMILES string of the molecule is Cc1ccc(C(O)COCCOC(C)C)c(C)c1. The Labute approximate surface area is 110 Å². The molecule has 1 aromatic carbocycles. The van der Waals surface area contributed by atoms with Gasteiger partial charge in [0.05, 0.1) is 25.9 Å². The van der Waals surface area contributed by atoms with Gasteiger partial charge >= 0.3 is 0 Å². The summed E-state index contributed by atoms with van der Waals surface area (Å²) in [7, 11) is 0. The van der Waals surface area contributed by atoms with E-state index in [2.05, 4.69) is 6.07 Å². The van der Waals surface area contributed by atoms with E-state index < -0.39 is 6.10 Å². The Hall–Kier alpha value is -0.900. The van der Waals surface area contributed by atoms with Crippen molar-refractivity contribution in [3.05, 3.63) is 34.9 Å². The van der Waals surface area contributed by atoms with E-state index in [1.165, 1.54) is 5.56 Å². The highest BCUT2D eigenvalue weighted by Gasteiger charge is 2.10. The molecule has 1 rings (SSSR count). The number of hydrogen-bond acceptors (Lipinski definition) is 3. The first-order valence-electron chi connectivity index (χ1n) is 6.45. The van der Waals surface area contributed by atoms with Gasteiger partial charge in [-0.1, -0.05) is 23.8 Å². The second-order valence-corrected chi connectivity index (χ2v) is 4.87. The van der Waals surface area contributed by atoms with Gasteiger partial charge in [0.1, 0.15) is 6.10 Å². The molecule has 1 aromatic rings. The van der Waals surface area contributed by atoms with Crippen LogP contribution in [-0.4, -0.2) is 31.0 Å². The first-order chi connectivity index (χ1) is 8.50. The van der Waals surface area contributed by atoms with Crippen LogP contribution in [0.15, 0.2) is 18.2 Å². The summed E-state index contributed by atoms with van der Waals surface area (Å²) in [6, 6.07) is 6.04. The predicted octanol–water partition coefficient (Wildman–Crippen LogP) is 2.78. The van der Waals surface area contributed by atoms with Crippen LogP contribution in [0.5, 0.6) is 0 Å². The Morgan fingerprint density at radius 1 is 1.17 bits per heavy atom. The zero-order chi connectivity index (χ0) is 13.5. The van der Waals surface area contributed by atoms with Crippen LogP contribution in [-0.2, 0) is 9.47 Å². The van der Waals surface area contributed by atoms with Crippen LogP contribution in [0.1, 0.15) is 36.6 Å². The molecule has 3 nitrogen and oxygen atoms in total. The first kappa shape index (κ1) is 15.2. The van der Waals surface area contributed by atoms with E-state index >= 15 is 0 Å². The Balaban J connectivity index is 2.34.